The average Bonchev–Trinajstić information content (AvgIpc) is 3.29. The fourth-order valence-electron chi connectivity index (χ4n) is 7.93. The number of hydrogen-bond donors (Lipinski definition) is 6. The number of aliphatic hydroxyl groups excluding tert-OH is 5. The molecular weight excluding hydrogens is 803 g/mol. The molecule has 0 aromatic heterocycles. The molecule has 9 heteroatoms. The zero-order valence-corrected chi connectivity index (χ0v) is 40.8. The minimum Gasteiger partial charge on any atom is -0.394 e. The van der Waals surface area contributed by atoms with Crippen LogP contribution in [0, 0.1) is 0 Å². The van der Waals surface area contributed by atoms with Crippen molar-refractivity contribution < 1.29 is 39.8 Å². The lowest BCUT2D eigenvalue weighted by Gasteiger charge is -2.40. The Bertz CT molecular complexity index is 1230. The van der Waals surface area contributed by atoms with Crippen molar-refractivity contribution in [2.75, 3.05) is 13.2 Å². The first-order valence-corrected chi connectivity index (χ1v) is 26.1. The maximum absolute atomic E-state index is 13.0. The van der Waals surface area contributed by atoms with Gasteiger partial charge in [0.25, 0.3) is 0 Å². The van der Waals surface area contributed by atoms with E-state index in [4.69, 9.17) is 9.47 Å². The summed E-state index contributed by atoms with van der Waals surface area (Å²) in [5.74, 6) is -0.161. The number of amides is 1. The standard InChI is InChI=1S/C55H97NO8/c1-3-5-7-9-11-13-15-17-19-21-22-23-24-25-26-27-28-29-31-33-35-37-39-41-43-45-51(59)56-48(47-63-55-54(62)53(61)52(60)50(46-57)64-55)49(58)44-42-40-38-36-34-32-30-20-18-16-14-12-10-8-6-4-2/h5,7,11,13,17,19,22-23,25-26,28-29,48-50,52-55,57-58,60-62H,3-4,6,8-10,12,14-16,18,20-21,24,27,30-47H2,1-2H3,(H,56,59)/b7-5-,13-11-,19-17-,23-22-,26-25-,29-28-. The van der Waals surface area contributed by atoms with E-state index in [-0.39, 0.29) is 12.5 Å². The number of carbonyl (C=O) groups excluding carboxylic acids is 1. The van der Waals surface area contributed by atoms with Crippen molar-refractivity contribution in [3.8, 4) is 0 Å². The summed E-state index contributed by atoms with van der Waals surface area (Å²) < 4.78 is 11.3. The predicted octanol–water partition coefficient (Wildman–Crippen LogP) is 12.1. The molecule has 1 aliphatic rings. The average molecular weight is 900 g/mol. The fourth-order valence-corrected chi connectivity index (χ4v) is 7.93. The lowest BCUT2D eigenvalue weighted by Crippen LogP contribution is -2.60. The quantitative estimate of drug-likeness (QED) is 0.0262. The maximum atomic E-state index is 13.0. The first-order valence-electron chi connectivity index (χ1n) is 26.1. The third kappa shape index (κ3) is 34.0. The Labute approximate surface area is 391 Å². The van der Waals surface area contributed by atoms with E-state index in [0.717, 1.165) is 96.3 Å². The van der Waals surface area contributed by atoms with Crippen LogP contribution in [-0.2, 0) is 14.3 Å². The second-order valence-electron chi connectivity index (χ2n) is 17.9. The van der Waals surface area contributed by atoms with Crippen molar-refractivity contribution in [1.82, 2.24) is 5.32 Å². The molecule has 1 aliphatic heterocycles. The Balaban J connectivity index is 2.28. The molecule has 0 spiro atoms. The number of hydrogen-bond acceptors (Lipinski definition) is 8. The van der Waals surface area contributed by atoms with Crippen molar-refractivity contribution in [3.05, 3.63) is 72.9 Å². The minimum atomic E-state index is -1.56. The molecule has 6 N–H and O–H groups in total. The van der Waals surface area contributed by atoms with Gasteiger partial charge in [-0.2, -0.15) is 0 Å². The van der Waals surface area contributed by atoms with E-state index in [9.17, 15) is 30.3 Å². The van der Waals surface area contributed by atoms with Crippen molar-refractivity contribution in [2.24, 2.45) is 0 Å². The predicted molar refractivity (Wildman–Crippen MR) is 267 cm³/mol. The highest BCUT2D eigenvalue weighted by Gasteiger charge is 2.44. The van der Waals surface area contributed by atoms with Crippen LogP contribution in [0.25, 0.3) is 0 Å². The molecule has 370 valence electrons. The monoisotopic (exact) mass is 900 g/mol. The van der Waals surface area contributed by atoms with Crippen molar-refractivity contribution >= 4 is 5.91 Å². The summed E-state index contributed by atoms with van der Waals surface area (Å²) in [4.78, 5) is 13.0. The number of unbranched alkanes of at least 4 members (excludes halogenated alkanes) is 21. The molecule has 0 aromatic carbocycles. The molecule has 1 amide bonds. The van der Waals surface area contributed by atoms with Crippen LogP contribution < -0.4 is 5.32 Å². The first-order chi connectivity index (χ1) is 31.3. The molecule has 0 bridgehead atoms. The lowest BCUT2D eigenvalue weighted by atomic mass is 9.99. The van der Waals surface area contributed by atoms with Gasteiger partial charge in [0.05, 0.1) is 25.4 Å². The summed E-state index contributed by atoms with van der Waals surface area (Å²) in [6.45, 7) is 3.71. The molecule has 7 atom stereocenters. The summed E-state index contributed by atoms with van der Waals surface area (Å²) in [6.07, 6.45) is 53.3. The van der Waals surface area contributed by atoms with Gasteiger partial charge in [-0.15, -0.1) is 0 Å². The molecule has 0 aliphatic carbocycles. The Kier molecular flexibility index (Phi) is 41.4. The Morgan fingerprint density at radius 1 is 0.547 bits per heavy atom. The number of aliphatic hydroxyl groups is 5. The van der Waals surface area contributed by atoms with Gasteiger partial charge in [-0.05, 0) is 64.2 Å². The summed E-state index contributed by atoms with van der Waals surface area (Å²) in [5.41, 5.74) is 0. The van der Waals surface area contributed by atoms with Crippen LogP contribution >= 0.6 is 0 Å². The molecule has 9 nitrogen and oxygen atoms in total. The SMILES string of the molecule is CC/C=C\C/C=C\C/C=C\C/C=C\C/C=C\C/C=C\CCCCCCCCC(=O)NC(COC1OC(CO)C(O)C(O)C1O)C(O)CCCCCCCCCCCCCCCCCC. The van der Waals surface area contributed by atoms with E-state index < -0.39 is 49.5 Å². The second-order valence-corrected chi connectivity index (χ2v) is 17.9. The summed E-state index contributed by atoms with van der Waals surface area (Å²) in [7, 11) is 0. The van der Waals surface area contributed by atoms with Gasteiger partial charge in [0.2, 0.25) is 5.91 Å². The van der Waals surface area contributed by atoms with Gasteiger partial charge in [0.1, 0.15) is 24.4 Å². The first kappa shape index (κ1) is 59.6. The smallest absolute Gasteiger partial charge is 0.220 e. The Morgan fingerprint density at radius 2 is 0.969 bits per heavy atom. The largest absolute Gasteiger partial charge is 0.394 e. The lowest BCUT2D eigenvalue weighted by molar-refractivity contribution is -0.302. The second kappa shape index (κ2) is 44.5. The minimum absolute atomic E-state index is 0.148. The van der Waals surface area contributed by atoms with Gasteiger partial charge in [-0.1, -0.05) is 215 Å². The number of carbonyl (C=O) groups is 1. The molecule has 1 fully saturated rings. The zero-order chi connectivity index (χ0) is 46.6. The van der Waals surface area contributed by atoms with E-state index in [1.807, 2.05) is 0 Å². The van der Waals surface area contributed by atoms with E-state index in [1.54, 1.807) is 0 Å². The number of nitrogens with one attached hydrogen (secondary N) is 1. The van der Waals surface area contributed by atoms with E-state index in [2.05, 4.69) is 92.1 Å². The Hall–Kier alpha value is -2.37. The van der Waals surface area contributed by atoms with Gasteiger partial charge in [0.15, 0.2) is 6.29 Å². The molecule has 0 radical (unpaired) electrons. The van der Waals surface area contributed by atoms with Crippen LogP contribution in [0.5, 0.6) is 0 Å². The molecule has 1 heterocycles. The van der Waals surface area contributed by atoms with Crippen LogP contribution in [0.4, 0.5) is 0 Å². The topological polar surface area (TPSA) is 149 Å². The summed E-state index contributed by atoms with van der Waals surface area (Å²) >= 11 is 0. The highest BCUT2D eigenvalue weighted by molar-refractivity contribution is 5.76. The number of ether oxygens (including phenoxy) is 2. The molecule has 0 aromatic rings. The highest BCUT2D eigenvalue weighted by atomic mass is 16.7. The van der Waals surface area contributed by atoms with Crippen molar-refractivity contribution in [1.29, 1.82) is 0 Å². The number of rotatable bonds is 43. The van der Waals surface area contributed by atoms with E-state index in [0.29, 0.717) is 12.8 Å². The number of allylic oxidation sites excluding steroid dienone is 12. The normalized spacial score (nSPS) is 20.6. The van der Waals surface area contributed by atoms with Crippen LogP contribution in [0.15, 0.2) is 72.9 Å². The van der Waals surface area contributed by atoms with Crippen molar-refractivity contribution in [2.45, 2.75) is 256 Å². The summed E-state index contributed by atoms with van der Waals surface area (Å²) in [5, 5.41) is 54.5. The summed E-state index contributed by atoms with van der Waals surface area (Å²) in [6, 6.07) is -0.731. The van der Waals surface area contributed by atoms with Crippen molar-refractivity contribution in [3.63, 3.8) is 0 Å². The molecule has 64 heavy (non-hydrogen) atoms. The third-order valence-electron chi connectivity index (χ3n) is 12.1. The van der Waals surface area contributed by atoms with Gasteiger partial charge < -0.3 is 40.3 Å². The maximum Gasteiger partial charge on any atom is 0.220 e. The van der Waals surface area contributed by atoms with Gasteiger partial charge in [0, 0.05) is 6.42 Å². The van der Waals surface area contributed by atoms with Gasteiger partial charge in [-0.25, -0.2) is 0 Å². The molecule has 1 rings (SSSR count). The van der Waals surface area contributed by atoms with Gasteiger partial charge >= 0.3 is 0 Å². The molecule has 7 unspecified atom stereocenters. The molecule has 1 saturated heterocycles. The van der Waals surface area contributed by atoms with Gasteiger partial charge in [-0.3, -0.25) is 4.79 Å². The van der Waals surface area contributed by atoms with E-state index >= 15 is 0 Å². The van der Waals surface area contributed by atoms with Crippen LogP contribution in [0.3, 0.4) is 0 Å². The molecular formula is C55H97NO8. The fraction of sp³-hybridized carbons (Fsp3) is 0.764. The van der Waals surface area contributed by atoms with E-state index in [1.165, 1.54) is 89.9 Å². The van der Waals surface area contributed by atoms with Crippen LogP contribution in [0.1, 0.15) is 213 Å². The molecule has 0 saturated carbocycles. The highest BCUT2D eigenvalue weighted by Crippen LogP contribution is 2.23. The Morgan fingerprint density at radius 3 is 1.44 bits per heavy atom. The van der Waals surface area contributed by atoms with Crippen LogP contribution in [-0.4, -0.2) is 87.5 Å². The zero-order valence-electron chi connectivity index (χ0n) is 40.8. The third-order valence-corrected chi connectivity index (χ3v) is 12.1. The van der Waals surface area contributed by atoms with Crippen LogP contribution in [0.2, 0.25) is 0 Å².